The van der Waals surface area contributed by atoms with Crippen LogP contribution in [0.2, 0.25) is 5.02 Å². The molecule has 1 aliphatic rings. The van der Waals surface area contributed by atoms with Crippen molar-refractivity contribution in [3.05, 3.63) is 28.8 Å². The van der Waals surface area contributed by atoms with Gasteiger partial charge in [0.15, 0.2) is 0 Å². The van der Waals surface area contributed by atoms with Gasteiger partial charge in [0.1, 0.15) is 11.6 Å². The van der Waals surface area contributed by atoms with Crippen molar-refractivity contribution < 1.29 is 4.74 Å². The molecule has 0 aliphatic carbocycles. The molecular weight excluding hydrogens is 274 g/mol. The van der Waals surface area contributed by atoms with E-state index in [0.29, 0.717) is 23.2 Å². The molecule has 1 saturated heterocycles. The number of hydrogen-bond acceptors (Lipinski definition) is 3. The summed E-state index contributed by atoms with van der Waals surface area (Å²) in [5, 5.41) is 7.85. The van der Waals surface area contributed by atoms with Gasteiger partial charge in [0.25, 0.3) is 0 Å². The summed E-state index contributed by atoms with van der Waals surface area (Å²) >= 11 is 6.07. The summed E-state index contributed by atoms with van der Waals surface area (Å²) in [6.07, 6.45) is 4.90. The van der Waals surface area contributed by atoms with E-state index in [9.17, 15) is 0 Å². The SMILES string of the molecule is CN1CCCCC1CCOc1ccc(C(=N)N)c(Cl)c1. The van der Waals surface area contributed by atoms with Crippen LogP contribution in [0, 0.1) is 5.41 Å². The number of nitrogen functional groups attached to an aromatic ring is 1. The number of rotatable bonds is 5. The molecule has 4 nitrogen and oxygen atoms in total. The third-order valence-electron chi connectivity index (χ3n) is 3.87. The zero-order chi connectivity index (χ0) is 14.5. The molecule has 1 aromatic carbocycles. The predicted octanol–water partition coefficient (Wildman–Crippen LogP) is 2.88. The van der Waals surface area contributed by atoms with Crippen molar-refractivity contribution in [1.82, 2.24) is 4.90 Å². The number of nitrogens with two attached hydrogens (primary N) is 1. The van der Waals surface area contributed by atoms with Crippen LogP contribution in [0.1, 0.15) is 31.2 Å². The van der Waals surface area contributed by atoms with E-state index in [1.165, 1.54) is 25.8 Å². The molecule has 1 aromatic rings. The van der Waals surface area contributed by atoms with Crippen molar-refractivity contribution in [1.29, 1.82) is 5.41 Å². The lowest BCUT2D eigenvalue weighted by molar-refractivity contribution is 0.153. The highest BCUT2D eigenvalue weighted by atomic mass is 35.5. The van der Waals surface area contributed by atoms with Gasteiger partial charge in [0, 0.05) is 11.6 Å². The second-order valence-corrected chi connectivity index (χ2v) is 5.73. The monoisotopic (exact) mass is 295 g/mol. The minimum absolute atomic E-state index is 0.0228. The van der Waals surface area contributed by atoms with Crippen molar-refractivity contribution in [2.24, 2.45) is 5.73 Å². The number of hydrogen-bond donors (Lipinski definition) is 2. The number of nitrogens with zero attached hydrogens (tertiary/aromatic N) is 1. The van der Waals surface area contributed by atoms with Gasteiger partial charge in [-0.25, -0.2) is 0 Å². The van der Waals surface area contributed by atoms with Crippen LogP contribution >= 0.6 is 11.6 Å². The first-order chi connectivity index (χ1) is 9.58. The van der Waals surface area contributed by atoms with Gasteiger partial charge in [-0.1, -0.05) is 18.0 Å². The molecule has 0 aromatic heterocycles. The Labute approximate surface area is 125 Å². The van der Waals surface area contributed by atoms with Crippen LogP contribution in [0.15, 0.2) is 18.2 Å². The Morgan fingerprint density at radius 2 is 2.30 bits per heavy atom. The zero-order valence-corrected chi connectivity index (χ0v) is 12.6. The van der Waals surface area contributed by atoms with Gasteiger partial charge < -0.3 is 15.4 Å². The minimum atomic E-state index is -0.0228. The maximum atomic E-state index is 7.39. The molecule has 2 rings (SSSR count). The molecule has 20 heavy (non-hydrogen) atoms. The molecule has 1 aliphatic heterocycles. The topological polar surface area (TPSA) is 62.3 Å². The molecule has 5 heteroatoms. The Bertz CT molecular complexity index is 478. The summed E-state index contributed by atoms with van der Waals surface area (Å²) in [7, 11) is 2.18. The largest absolute Gasteiger partial charge is 0.493 e. The van der Waals surface area contributed by atoms with Crippen LogP contribution in [0.3, 0.4) is 0 Å². The summed E-state index contributed by atoms with van der Waals surface area (Å²) in [5.74, 6) is 0.712. The molecule has 0 radical (unpaired) electrons. The summed E-state index contributed by atoms with van der Waals surface area (Å²) < 4.78 is 5.75. The van der Waals surface area contributed by atoms with Gasteiger partial charge in [-0.05, 0) is 51.1 Å². The maximum Gasteiger partial charge on any atom is 0.124 e. The summed E-state index contributed by atoms with van der Waals surface area (Å²) in [4.78, 5) is 2.42. The van der Waals surface area contributed by atoms with E-state index in [1.54, 1.807) is 12.1 Å². The number of amidine groups is 1. The second kappa shape index (κ2) is 6.95. The average Bonchev–Trinajstić information content (AvgIpc) is 2.40. The van der Waals surface area contributed by atoms with Crippen molar-refractivity contribution >= 4 is 17.4 Å². The van der Waals surface area contributed by atoms with E-state index < -0.39 is 0 Å². The summed E-state index contributed by atoms with van der Waals surface area (Å²) in [6.45, 7) is 1.87. The molecule has 1 fully saturated rings. The molecule has 0 bridgehead atoms. The van der Waals surface area contributed by atoms with Crippen LogP contribution in [0.25, 0.3) is 0 Å². The maximum absolute atomic E-state index is 7.39. The zero-order valence-electron chi connectivity index (χ0n) is 11.9. The van der Waals surface area contributed by atoms with E-state index in [0.717, 1.165) is 12.2 Å². The summed E-state index contributed by atoms with van der Waals surface area (Å²) in [6, 6.07) is 5.89. The number of ether oxygens (including phenoxy) is 1. The predicted molar refractivity (Wildman–Crippen MR) is 82.8 cm³/mol. The van der Waals surface area contributed by atoms with E-state index in [-0.39, 0.29) is 5.84 Å². The lowest BCUT2D eigenvalue weighted by atomic mass is 10.0. The molecule has 1 unspecified atom stereocenters. The molecule has 110 valence electrons. The molecule has 0 spiro atoms. The van der Waals surface area contributed by atoms with E-state index in [2.05, 4.69) is 11.9 Å². The third kappa shape index (κ3) is 3.87. The van der Waals surface area contributed by atoms with E-state index in [4.69, 9.17) is 27.5 Å². The highest BCUT2D eigenvalue weighted by Gasteiger charge is 2.18. The van der Waals surface area contributed by atoms with E-state index >= 15 is 0 Å². The third-order valence-corrected chi connectivity index (χ3v) is 4.18. The fourth-order valence-corrected chi connectivity index (χ4v) is 2.90. The quantitative estimate of drug-likeness (QED) is 0.648. The van der Waals surface area contributed by atoms with Crippen molar-refractivity contribution in [3.63, 3.8) is 0 Å². The molecule has 0 saturated carbocycles. The lowest BCUT2D eigenvalue weighted by Gasteiger charge is -2.32. The fourth-order valence-electron chi connectivity index (χ4n) is 2.63. The number of likely N-dealkylation sites (tertiary alicyclic amines) is 1. The number of halogens is 1. The second-order valence-electron chi connectivity index (χ2n) is 5.32. The van der Waals surface area contributed by atoms with Gasteiger partial charge in [0.05, 0.1) is 11.6 Å². The highest BCUT2D eigenvalue weighted by molar-refractivity contribution is 6.34. The fraction of sp³-hybridized carbons (Fsp3) is 0.533. The van der Waals surface area contributed by atoms with Crippen LogP contribution in [-0.2, 0) is 0 Å². The summed E-state index contributed by atoms with van der Waals surface area (Å²) in [5.41, 5.74) is 5.98. The number of piperidine rings is 1. The Kier molecular flexibility index (Phi) is 5.26. The van der Waals surface area contributed by atoms with Crippen molar-refractivity contribution in [2.75, 3.05) is 20.2 Å². The Hall–Kier alpha value is -1.26. The standard InChI is InChI=1S/C15H22ClN3O/c1-19-8-3-2-4-11(19)7-9-20-12-5-6-13(15(17)18)14(16)10-12/h5-6,10-11H,2-4,7-9H2,1H3,(H3,17,18). The van der Waals surface area contributed by atoms with Gasteiger partial charge in [-0.15, -0.1) is 0 Å². The first-order valence-corrected chi connectivity index (χ1v) is 7.42. The lowest BCUT2D eigenvalue weighted by Crippen LogP contribution is -2.37. The van der Waals surface area contributed by atoms with Gasteiger partial charge in [-0.3, -0.25) is 5.41 Å². The Morgan fingerprint density at radius 1 is 1.50 bits per heavy atom. The van der Waals surface area contributed by atoms with Crippen LogP contribution in [0.4, 0.5) is 0 Å². The van der Waals surface area contributed by atoms with Crippen molar-refractivity contribution in [2.45, 2.75) is 31.7 Å². The molecule has 1 atom stereocenters. The molecule has 3 N–H and O–H groups in total. The Morgan fingerprint density at radius 3 is 2.95 bits per heavy atom. The van der Waals surface area contributed by atoms with Gasteiger partial charge in [0.2, 0.25) is 0 Å². The minimum Gasteiger partial charge on any atom is -0.493 e. The smallest absolute Gasteiger partial charge is 0.124 e. The van der Waals surface area contributed by atoms with Crippen LogP contribution in [-0.4, -0.2) is 37.0 Å². The first kappa shape index (κ1) is 15.1. The highest BCUT2D eigenvalue weighted by Crippen LogP contribution is 2.23. The van der Waals surface area contributed by atoms with Crippen LogP contribution < -0.4 is 10.5 Å². The normalized spacial score (nSPS) is 19.8. The molecule has 1 heterocycles. The Balaban J connectivity index is 1.85. The molecular formula is C15H22ClN3O. The first-order valence-electron chi connectivity index (χ1n) is 7.05. The van der Waals surface area contributed by atoms with Gasteiger partial charge >= 0.3 is 0 Å². The van der Waals surface area contributed by atoms with E-state index in [1.807, 2.05) is 6.07 Å². The number of nitrogens with one attached hydrogen (secondary N) is 1. The number of benzene rings is 1. The van der Waals surface area contributed by atoms with Gasteiger partial charge in [-0.2, -0.15) is 0 Å². The van der Waals surface area contributed by atoms with Crippen molar-refractivity contribution in [3.8, 4) is 5.75 Å². The average molecular weight is 296 g/mol. The molecule has 0 amide bonds. The van der Waals surface area contributed by atoms with Crippen LogP contribution in [0.5, 0.6) is 5.75 Å².